The molecule has 0 fully saturated rings. The van der Waals surface area contributed by atoms with Gasteiger partial charge in [0.15, 0.2) is 5.78 Å². The molecule has 0 aromatic carbocycles. The van der Waals surface area contributed by atoms with Crippen LogP contribution in [0.15, 0.2) is 16.7 Å². The second-order valence-corrected chi connectivity index (χ2v) is 3.36. The Hall–Kier alpha value is -0.810. The first kappa shape index (κ1) is 10.3. The number of carbonyl (C=O) groups is 1. The second-order valence-electron chi connectivity index (χ2n) is 2.45. The molecule has 0 aliphatic carbocycles. The minimum atomic E-state index is -0.733. The van der Waals surface area contributed by atoms with Crippen molar-refractivity contribution in [3.63, 3.8) is 0 Å². The molecule has 0 amide bonds. The van der Waals surface area contributed by atoms with E-state index in [1.54, 1.807) is 7.05 Å². The normalized spacial score (nSPS) is 10.1. The van der Waals surface area contributed by atoms with Gasteiger partial charge in [-0.05, 0) is 29.0 Å². The highest BCUT2D eigenvalue weighted by Gasteiger charge is 2.11. The summed E-state index contributed by atoms with van der Waals surface area (Å²) in [6, 6.07) is 1.42. The van der Waals surface area contributed by atoms with E-state index in [1.165, 1.54) is 12.3 Å². The lowest BCUT2D eigenvalue weighted by Gasteiger charge is -2.01. The molecular weight excluding hydrogens is 239 g/mol. The molecule has 1 aromatic rings. The third-order valence-electron chi connectivity index (χ3n) is 1.44. The van der Waals surface area contributed by atoms with Gasteiger partial charge in [-0.1, -0.05) is 0 Å². The summed E-state index contributed by atoms with van der Waals surface area (Å²) in [5.74, 6) is -1.04. The Labute approximate surface area is 83.5 Å². The van der Waals surface area contributed by atoms with Crippen LogP contribution in [0.5, 0.6) is 0 Å². The van der Waals surface area contributed by atoms with Crippen molar-refractivity contribution in [1.82, 2.24) is 10.3 Å². The number of ketones is 1. The average molecular weight is 247 g/mol. The van der Waals surface area contributed by atoms with Crippen molar-refractivity contribution in [1.29, 1.82) is 0 Å². The van der Waals surface area contributed by atoms with Crippen molar-refractivity contribution in [2.24, 2.45) is 0 Å². The van der Waals surface area contributed by atoms with E-state index in [2.05, 4.69) is 26.2 Å². The lowest BCUT2D eigenvalue weighted by Crippen LogP contribution is -2.20. The number of Topliss-reactive ketones (excluding diaryl/α,β-unsaturated/α-hetero) is 1. The van der Waals surface area contributed by atoms with Crippen LogP contribution in [0.1, 0.15) is 10.4 Å². The van der Waals surface area contributed by atoms with E-state index in [0.717, 1.165) is 0 Å². The number of pyridine rings is 1. The van der Waals surface area contributed by atoms with Crippen LogP contribution in [0, 0.1) is 5.95 Å². The fourth-order valence-electron chi connectivity index (χ4n) is 0.874. The maximum absolute atomic E-state index is 13.0. The molecule has 1 N–H and O–H groups in total. The molecule has 0 unspecified atom stereocenters. The van der Waals surface area contributed by atoms with Crippen molar-refractivity contribution in [2.75, 3.05) is 13.6 Å². The Bertz CT molecular complexity index is 330. The summed E-state index contributed by atoms with van der Waals surface area (Å²) in [7, 11) is 1.63. The van der Waals surface area contributed by atoms with E-state index in [1.807, 2.05) is 0 Å². The van der Waals surface area contributed by atoms with E-state index in [-0.39, 0.29) is 17.9 Å². The molecule has 0 spiro atoms. The molecule has 0 aliphatic rings. The molecule has 3 nitrogen and oxygen atoms in total. The van der Waals surface area contributed by atoms with E-state index in [4.69, 9.17) is 0 Å². The highest BCUT2D eigenvalue weighted by Crippen LogP contribution is 2.13. The quantitative estimate of drug-likeness (QED) is 0.648. The lowest BCUT2D eigenvalue weighted by molar-refractivity contribution is 0.0989. The summed E-state index contributed by atoms with van der Waals surface area (Å²) in [6.07, 6.45) is 1.31. The highest BCUT2D eigenvalue weighted by molar-refractivity contribution is 9.10. The minimum Gasteiger partial charge on any atom is -0.313 e. The number of halogens is 2. The van der Waals surface area contributed by atoms with Crippen LogP contribution in [0.25, 0.3) is 0 Å². The number of hydrogen-bond acceptors (Lipinski definition) is 3. The summed E-state index contributed by atoms with van der Waals surface area (Å²) >= 11 is 3.11. The summed E-state index contributed by atoms with van der Waals surface area (Å²) in [6.45, 7) is 0.106. The van der Waals surface area contributed by atoms with Crippen LogP contribution in [0.3, 0.4) is 0 Å². The van der Waals surface area contributed by atoms with Crippen molar-refractivity contribution in [3.05, 3.63) is 28.2 Å². The van der Waals surface area contributed by atoms with Crippen molar-refractivity contribution in [2.45, 2.75) is 0 Å². The zero-order valence-electron chi connectivity index (χ0n) is 6.97. The van der Waals surface area contributed by atoms with Crippen LogP contribution in [-0.4, -0.2) is 24.4 Å². The van der Waals surface area contributed by atoms with Crippen LogP contribution in [-0.2, 0) is 0 Å². The third kappa shape index (κ3) is 2.57. The molecule has 0 atom stereocenters. The maximum Gasteiger partial charge on any atom is 0.223 e. The maximum atomic E-state index is 13.0. The minimum absolute atomic E-state index is 0.00345. The largest absolute Gasteiger partial charge is 0.313 e. The molecule has 1 rings (SSSR count). The molecule has 13 heavy (non-hydrogen) atoms. The van der Waals surface area contributed by atoms with Gasteiger partial charge in [0.2, 0.25) is 5.95 Å². The number of aromatic nitrogens is 1. The number of likely N-dealkylation sites (N-methyl/N-ethyl adjacent to an activating group) is 1. The number of nitrogens with one attached hydrogen (secondary N) is 1. The first-order chi connectivity index (χ1) is 6.15. The molecule has 1 aromatic heterocycles. The molecule has 0 aliphatic heterocycles. The number of hydrogen-bond donors (Lipinski definition) is 1. The zero-order valence-corrected chi connectivity index (χ0v) is 8.56. The fourth-order valence-corrected chi connectivity index (χ4v) is 1.21. The van der Waals surface area contributed by atoms with Crippen molar-refractivity contribution in [3.8, 4) is 0 Å². The van der Waals surface area contributed by atoms with Crippen molar-refractivity contribution < 1.29 is 9.18 Å². The molecule has 5 heteroatoms. The zero-order chi connectivity index (χ0) is 9.84. The van der Waals surface area contributed by atoms with Gasteiger partial charge in [-0.2, -0.15) is 4.39 Å². The molecule has 0 radical (unpaired) electrons. The Morgan fingerprint density at radius 2 is 2.46 bits per heavy atom. The first-order valence-corrected chi connectivity index (χ1v) is 4.43. The molecule has 0 saturated carbocycles. The summed E-state index contributed by atoms with van der Waals surface area (Å²) in [5, 5.41) is 2.65. The van der Waals surface area contributed by atoms with Gasteiger partial charge in [-0.3, -0.25) is 4.79 Å². The fraction of sp³-hybridized carbons (Fsp3) is 0.250. The Balaban J connectivity index is 2.99. The van der Waals surface area contributed by atoms with Crippen molar-refractivity contribution >= 4 is 21.7 Å². The van der Waals surface area contributed by atoms with E-state index in [9.17, 15) is 9.18 Å². The SMILES string of the molecule is CNCC(=O)c1cc(Br)cnc1F. The van der Waals surface area contributed by atoms with Crippen LogP contribution >= 0.6 is 15.9 Å². The average Bonchev–Trinajstić information content (AvgIpc) is 2.09. The summed E-state index contributed by atoms with van der Waals surface area (Å²) < 4.78 is 13.6. The Morgan fingerprint density at radius 3 is 3.08 bits per heavy atom. The first-order valence-electron chi connectivity index (χ1n) is 3.64. The predicted octanol–water partition coefficient (Wildman–Crippen LogP) is 1.39. The topological polar surface area (TPSA) is 42.0 Å². The van der Waals surface area contributed by atoms with Crippen LogP contribution in [0.4, 0.5) is 4.39 Å². The number of nitrogens with zero attached hydrogens (tertiary/aromatic N) is 1. The highest BCUT2D eigenvalue weighted by atomic mass is 79.9. The number of rotatable bonds is 3. The third-order valence-corrected chi connectivity index (χ3v) is 1.88. The second kappa shape index (κ2) is 4.43. The molecule has 0 bridgehead atoms. The van der Waals surface area contributed by atoms with Crippen LogP contribution in [0.2, 0.25) is 0 Å². The van der Waals surface area contributed by atoms with Gasteiger partial charge >= 0.3 is 0 Å². The van der Waals surface area contributed by atoms with E-state index < -0.39 is 5.95 Å². The summed E-state index contributed by atoms with van der Waals surface area (Å²) in [4.78, 5) is 14.7. The van der Waals surface area contributed by atoms with Gasteiger partial charge in [0.05, 0.1) is 12.1 Å². The number of carbonyl (C=O) groups excluding carboxylic acids is 1. The van der Waals surface area contributed by atoms with Gasteiger partial charge < -0.3 is 5.32 Å². The van der Waals surface area contributed by atoms with Gasteiger partial charge in [0.25, 0.3) is 0 Å². The molecule has 1 heterocycles. The molecule has 70 valence electrons. The van der Waals surface area contributed by atoms with Gasteiger partial charge in [-0.25, -0.2) is 4.98 Å². The molecular formula is C8H8BrFN2O. The Morgan fingerprint density at radius 1 is 1.77 bits per heavy atom. The monoisotopic (exact) mass is 246 g/mol. The molecule has 0 saturated heterocycles. The summed E-state index contributed by atoms with van der Waals surface area (Å²) in [5.41, 5.74) is 0.00345. The smallest absolute Gasteiger partial charge is 0.223 e. The van der Waals surface area contributed by atoms with Gasteiger partial charge in [-0.15, -0.1) is 0 Å². The predicted molar refractivity (Wildman–Crippen MR) is 50.2 cm³/mol. The van der Waals surface area contributed by atoms with Crippen LogP contribution < -0.4 is 5.32 Å². The van der Waals surface area contributed by atoms with Gasteiger partial charge in [0.1, 0.15) is 0 Å². The Kier molecular flexibility index (Phi) is 3.50. The lowest BCUT2D eigenvalue weighted by atomic mass is 10.2. The standard InChI is InChI=1S/C8H8BrFN2O/c1-11-4-7(13)6-2-5(9)3-12-8(6)10/h2-3,11H,4H2,1H3. The van der Waals surface area contributed by atoms with Gasteiger partial charge in [0, 0.05) is 10.7 Å². The van der Waals surface area contributed by atoms with E-state index >= 15 is 0 Å². The van der Waals surface area contributed by atoms with E-state index in [0.29, 0.717) is 4.47 Å².